The number of nitrogen functional groups attached to an aromatic ring is 1. The van der Waals surface area contributed by atoms with Crippen LogP contribution in [0.5, 0.6) is 0 Å². The Hall–Kier alpha value is -3.07. The van der Waals surface area contributed by atoms with E-state index in [1.165, 1.54) is 16.6 Å². The molecule has 9 heteroatoms. The minimum Gasteiger partial charge on any atom is -0.383 e. The number of nitrogens with two attached hydrogens (primary N) is 1. The molecule has 0 aliphatic rings. The van der Waals surface area contributed by atoms with Gasteiger partial charge in [-0.1, -0.05) is 45.9 Å². The normalized spacial score (nSPS) is 11.2. The molecule has 4 N–H and O–H groups in total. The van der Waals surface area contributed by atoms with Gasteiger partial charge in [-0.25, -0.2) is 4.79 Å². The van der Waals surface area contributed by atoms with E-state index in [1.807, 2.05) is 38.1 Å². The highest BCUT2D eigenvalue weighted by Gasteiger charge is 2.24. The Labute approximate surface area is 182 Å². The summed E-state index contributed by atoms with van der Waals surface area (Å²) in [6.45, 7) is 8.61. The first-order valence-electron chi connectivity index (χ1n) is 10.4. The second-order valence-electron chi connectivity index (χ2n) is 8.13. The SMILES string of the molecule is COCCN(C(=O)CNc1ccccc1C(C)C)c1c(N)n(CC(C)C)c(=O)[nH]c1=O. The second kappa shape index (κ2) is 10.8. The van der Waals surface area contributed by atoms with E-state index in [4.69, 9.17) is 10.5 Å². The first kappa shape index (κ1) is 24.2. The first-order chi connectivity index (χ1) is 14.7. The number of methoxy groups -OCH3 is 1. The molecule has 0 aliphatic heterocycles. The molecule has 0 radical (unpaired) electrons. The molecule has 1 amide bonds. The molecule has 0 fully saturated rings. The Bertz CT molecular complexity index is 1010. The van der Waals surface area contributed by atoms with Crippen LogP contribution in [-0.4, -0.2) is 42.3 Å². The van der Waals surface area contributed by atoms with Crippen LogP contribution >= 0.6 is 0 Å². The monoisotopic (exact) mass is 431 g/mol. The molecule has 0 bridgehead atoms. The number of nitrogens with one attached hydrogen (secondary N) is 2. The molecule has 1 aromatic heterocycles. The van der Waals surface area contributed by atoms with Crippen molar-refractivity contribution in [2.45, 2.75) is 40.2 Å². The van der Waals surface area contributed by atoms with Gasteiger partial charge in [0.15, 0.2) is 5.69 Å². The van der Waals surface area contributed by atoms with Crippen molar-refractivity contribution in [2.75, 3.05) is 42.8 Å². The van der Waals surface area contributed by atoms with E-state index in [0.29, 0.717) is 6.54 Å². The van der Waals surface area contributed by atoms with Gasteiger partial charge >= 0.3 is 5.69 Å². The number of ether oxygens (including phenoxy) is 1. The molecular weight excluding hydrogens is 398 g/mol. The number of hydrogen-bond donors (Lipinski definition) is 3. The summed E-state index contributed by atoms with van der Waals surface area (Å²) in [4.78, 5) is 41.6. The highest BCUT2D eigenvalue weighted by atomic mass is 16.5. The number of hydrogen-bond acceptors (Lipinski definition) is 6. The zero-order valence-electron chi connectivity index (χ0n) is 18.9. The Morgan fingerprint density at radius 2 is 1.90 bits per heavy atom. The lowest BCUT2D eigenvalue weighted by Crippen LogP contribution is -2.44. The topological polar surface area (TPSA) is 122 Å². The van der Waals surface area contributed by atoms with Gasteiger partial charge in [0.2, 0.25) is 5.91 Å². The van der Waals surface area contributed by atoms with Crippen molar-refractivity contribution in [2.24, 2.45) is 5.92 Å². The summed E-state index contributed by atoms with van der Waals surface area (Å²) in [7, 11) is 1.51. The molecule has 1 heterocycles. The predicted molar refractivity (Wildman–Crippen MR) is 124 cm³/mol. The Kier molecular flexibility index (Phi) is 8.44. The quantitative estimate of drug-likeness (QED) is 0.529. The van der Waals surface area contributed by atoms with Crippen molar-refractivity contribution < 1.29 is 9.53 Å². The molecule has 0 saturated carbocycles. The fraction of sp³-hybridized carbons (Fsp3) is 0.500. The molecule has 0 atom stereocenters. The summed E-state index contributed by atoms with van der Waals surface area (Å²) >= 11 is 0. The summed E-state index contributed by atoms with van der Waals surface area (Å²) in [5.41, 5.74) is 6.80. The second-order valence-corrected chi connectivity index (χ2v) is 8.13. The number of aromatic amines is 1. The summed E-state index contributed by atoms with van der Waals surface area (Å²) in [6.07, 6.45) is 0. The number of benzene rings is 1. The lowest BCUT2D eigenvalue weighted by molar-refractivity contribution is -0.117. The van der Waals surface area contributed by atoms with E-state index in [0.717, 1.165) is 11.3 Å². The number of rotatable bonds is 10. The third kappa shape index (κ3) is 5.97. The molecule has 0 saturated heterocycles. The van der Waals surface area contributed by atoms with Gasteiger partial charge < -0.3 is 20.7 Å². The van der Waals surface area contributed by atoms with Gasteiger partial charge in [0.1, 0.15) is 5.82 Å². The summed E-state index contributed by atoms with van der Waals surface area (Å²) in [6, 6.07) is 7.76. The van der Waals surface area contributed by atoms with Crippen molar-refractivity contribution >= 4 is 23.1 Å². The molecular formula is C22H33N5O4. The standard InChI is InChI=1S/C22H33N5O4/c1-14(2)13-27-20(23)19(21(29)25-22(27)30)26(10-11-31-5)18(28)12-24-17-9-7-6-8-16(17)15(3)4/h6-9,14-15,24H,10-13,23H2,1-5H3,(H,25,29,30). The van der Waals surface area contributed by atoms with Crippen molar-refractivity contribution in [1.29, 1.82) is 0 Å². The third-order valence-electron chi connectivity index (χ3n) is 4.86. The van der Waals surface area contributed by atoms with Crippen LogP contribution in [0.15, 0.2) is 33.9 Å². The average molecular weight is 432 g/mol. The van der Waals surface area contributed by atoms with Gasteiger partial charge in [-0.05, 0) is 23.5 Å². The number of anilines is 3. The maximum Gasteiger partial charge on any atom is 0.330 e. The Morgan fingerprint density at radius 1 is 1.23 bits per heavy atom. The van der Waals surface area contributed by atoms with Gasteiger partial charge in [-0.15, -0.1) is 0 Å². The smallest absolute Gasteiger partial charge is 0.330 e. The minimum absolute atomic E-state index is 0.0329. The number of para-hydroxylation sites is 1. The van der Waals surface area contributed by atoms with E-state index in [-0.39, 0.29) is 48.9 Å². The van der Waals surface area contributed by atoms with E-state index in [9.17, 15) is 14.4 Å². The molecule has 31 heavy (non-hydrogen) atoms. The maximum absolute atomic E-state index is 13.1. The molecule has 0 aliphatic carbocycles. The van der Waals surface area contributed by atoms with E-state index >= 15 is 0 Å². The van der Waals surface area contributed by atoms with Crippen molar-refractivity contribution in [3.8, 4) is 0 Å². The predicted octanol–water partition coefficient (Wildman–Crippen LogP) is 1.99. The van der Waals surface area contributed by atoms with E-state index in [1.54, 1.807) is 0 Å². The van der Waals surface area contributed by atoms with Gasteiger partial charge in [0.05, 0.1) is 13.2 Å². The van der Waals surface area contributed by atoms with E-state index in [2.05, 4.69) is 24.1 Å². The minimum atomic E-state index is -0.700. The first-order valence-corrected chi connectivity index (χ1v) is 10.4. The van der Waals surface area contributed by atoms with Crippen LogP contribution in [0.3, 0.4) is 0 Å². The molecule has 0 unspecified atom stereocenters. The zero-order valence-corrected chi connectivity index (χ0v) is 18.9. The van der Waals surface area contributed by atoms with Crippen molar-refractivity contribution in [1.82, 2.24) is 9.55 Å². The van der Waals surface area contributed by atoms with Crippen molar-refractivity contribution in [3.05, 3.63) is 50.7 Å². The summed E-state index contributed by atoms with van der Waals surface area (Å²) in [5.74, 6) is 0.00888. The highest BCUT2D eigenvalue weighted by molar-refractivity contribution is 5.98. The molecule has 9 nitrogen and oxygen atoms in total. The highest BCUT2D eigenvalue weighted by Crippen LogP contribution is 2.24. The van der Waals surface area contributed by atoms with Crippen LogP contribution in [0.25, 0.3) is 0 Å². The molecule has 2 aromatic rings. The van der Waals surface area contributed by atoms with Crippen molar-refractivity contribution in [3.63, 3.8) is 0 Å². The summed E-state index contributed by atoms with van der Waals surface area (Å²) in [5, 5.41) is 3.16. The van der Waals surface area contributed by atoms with Crippen LogP contribution < -0.4 is 27.2 Å². The maximum atomic E-state index is 13.1. The number of carbonyl (C=O) groups excluding carboxylic acids is 1. The van der Waals surface area contributed by atoms with Crippen LogP contribution in [0.4, 0.5) is 17.2 Å². The Morgan fingerprint density at radius 3 is 2.52 bits per heavy atom. The molecule has 1 aromatic carbocycles. The van der Waals surface area contributed by atoms with Crippen LogP contribution in [0.2, 0.25) is 0 Å². The van der Waals surface area contributed by atoms with Crippen LogP contribution in [-0.2, 0) is 16.1 Å². The largest absolute Gasteiger partial charge is 0.383 e. The number of aromatic nitrogens is 2. The fourth-order valence-corrected chi connectivity index (χ4v) is 3.36. The number of amides is 1. The molecule has 2 rings (SSSR count). The third-order valence-corrected chi connectivity index (χ3v) is 4.86. The molecule has 170 valence electrons. The fourth-order valence-electron chi connectivity index (χ4n) is 3.36. The van der Waals surface area contributed by atoms with Gasteiger partial charge in [0, 0.05) is 25.9 Å². The van der Waals surface area contributed by atoms with E-state index < -0.39 is 11.2 Å². The van der Waals surface area contributed by atoms with Gasteiger partial charge in [-0.3, -0.25) is 19.1 Å². The van der Waals surface area contributed by atoms with Crippen LogP contribution in [0.1, 0.15) is 39.2 Å². The Balaban J connectivity index is 2.39. The summed E-state index contributed by atoms with van der Waals surface area (Å²) < 4.78 is 6.41. The lowest BCUT2D eigenvalue weighted by Gasteiger charge is -2.25. The zero-order chi connectivity index (χ0) is 23.1. The lowest BCUT2D eigenvalue weighted by atomic mass is 10.0. The number of H-pyrrole nitrogens is 1. The average Bonchev–Trinajstić information content (AvgIpc) is 2.71. The number of carbonyl (C=O) groups is 1. The molecule has 0 spiro atoms. The van der Waals surface area contributed by atoms with Gasteiger partial charge in [-0.2, -0.15) is 0 Å². The van der Waals surface area contributed by atoms with Gasteiger partial charge in [0.25, 0.3) is 5.56 Å². The number of nitrogens with zero attached hydrogens (tertiary/aromatic N) is 2. The van der Waals surface area contributed by atoms with Crippen LogP contribution in [0, 0.1) is 5.92 Å².